The number of aromatic hydroxyl groups is 1. The predicted octanol–water partition coefficient (Wildman–Crippen LogP) is 3.43. The number of hydrogen-bond acceptors (Lipinski definition) is 3. The fourth-order valence-corrected chi connectivity index (χ4v) is 2.33. The first-order valence-electron chi connectivity index (χ1n) is 6.72. The van der Waals surface area contributed by atoms with Crippen LogP contribution in [0.15, 0.2) is 61.2 Å². The zero-order valence-corrected chi connectivity index (χ0v) is 12.0. The number of esters is 1. The first kappa shape index (κ1) is 14.9. The average Bonchev–Trinajstić information content (AvgIpc) is 2.51. The molecule has 3 heteroatoms. The molecule has 1 atom stereocenters. The number of benzene rings is 2. The van der Waals surface area contributed by atoms with Gasteiger partial charge in [-0.2, -0.15) is 0 Å². The van der Waals surface area contributed by atoms with Crippen molar-refractivity contribution in [3.8, 4) is 5.75 Å². The fourth-order valence-electron chi connectivity index (χ4n) is 2.33. The van der Waals surface area contributed by atoms with Crippen LogP contribution in [-0.2, 0) is 16.0 Å². The Kier molecular flexibility index (Phi) is 4.77. The number of allylic oxidation sites excluding steroid dienone is 1. The Labute approximate surface area is 124 Å². The van der Waals surface area contributed by atoms with Crippen LogP contribution in [-0.4, -0.2) is 18.2 Å². The van der Waals surface area contributed by atoms with Crippen molar-refractivity contribution >= 4 is 5.97 Å². The highest BCUT2D eigenvalue weighted by Crippen LogP contribution is 2.29. The monoisotopic (exact) mass is 282 g/mol. The van der Waals surface area contributed by atoms with Gasteiger partial charge in [-0.25, -0.2) is 0 Å². The van der Waals surface area contributed by atoms with Crippen molar-refractivity contribution in [3.05, 3.63) is 77.9 Å². The molecule has 0 aliphatic heterocycles. The van der Waals surface area contributed by atoms with E-state index in [0.29, 0.717) is 6.42 Å². The zero-order valence-electron chi connectivity index (χ0n) is 12.0. The Hall–Kier alpha value is -2.55. The summed E-state index contributed by atoms with van der Waals surface area (Å²) in [5.74, 6) is -0.618. The van der Waals surface area contributed by atoms with Gasteiger partial charge in [0.15, 0.2) is 0 Å². The minimum Gasteiger partial charge on any atom is -0.508 e. The molecule has 0 aromatic heterocycles. The van der Waals surface area contributed by atoms with Crippen LogP contribution >= 0.6 is 0 Å². The Morgan fingerprint density at radius 2 is 1.95 bits per heavy atom. The lowest BCUT2D eigenvalue weighted by molar-refractivity contribution is -0.141. The molecule has 2 aromatic rings. The number of carbonyl (C=O) groups excluding carboxylic acids is 1. The molecule has 0 radical (unpaired) electrons. The highest BCUT2D eigenvalue weighted by Gasteiger charge is 2.24. The van der Waals surface area contributed by atoms with Gasteiger partial charge in [0.1, 0.15) is 11.7 Å². The van der Waals surface area contributed by atoms with Crippen LogP contribution in [0.3, 0.4) is 0 Å². The normalized spacial score (nSPS) is 11.7. The van der Waals surface area contributed by atoms with Crippen molar-refractivity contribution in [2.24, 2.45) is 0 Å². The summed E-state index contributed by atoms with van der Waals surface area (Å²) in [6.07, 6.45) is 2.26. The lowest BCUT2D eigenvalue weighted by Crippen LogP contribution is -2.15. The largest absolute Gasteiger partial charge is 0.508 e. The van der Waals surface area contributed by atoms with Gasteiger partial charge in [0.05, 0.1) is 7.11 Å². The second-order valence-corrected chi connectivity index (χ2v) is 4.75. The van der Waals surface area contributed by atoms with Crippen LogP contribution in [0.25, 0.3) is 0 Å². The Morgan fingerprint density at radius 3 is 2.57 bits per heavy atom. The average molecular weight is 282 g/mol. The van der Waals surface area contributed by atoms with E-state index >= 15 is 0 Å². The molecule has 0 saturated carbocycles. The molecule has 21 heavy (non-hydrogen) atoms. The highest BCUT2D eigenvalue weighted by atomic mass is 16.5. The van der Waals surface area contributed by atoms with Gasteiger partial charge in [-0.15, -0.1) is 6.58 Å². The van der Waals surface area contributed by atoms with Crippen LogP contribution in [0.5, 0.6) is 5.75 Å². The Balaban J connectivity index is 2.49. The maximum absolute atomic E-state index is 12.2. The summed E-state index contributed by atoms with van der Waals surface area (Å²) in [6.45, 7) is 3.68. The predicted molar refractivity (Wildman–Crippen MR) is 82.3 cm³/mol. The van der Waals surface area contributed by atoms with Crippen molar-refractivity contribution in [1.29, 1.82) is 0 Å². The summed E-state index contributed by atoms with van der Waals surface area (Å²) < 4.78 is 4.93. The number of ether oxygens (including phenoxy) is 1. The minimum atomic E-state index is -0.500. The van der Waals surface area contributed by atoms with E-state index in [1.807, 2.05) is 36.4 Å². The number of rotatable bonds is 5. The van der Waals surface area contributed by atoms with E-state index < -0.39 is 5.92 Å². The van der Waals surface area contributed by atoms with Gasteiger partial charge in [0.2, 0.25) is 0 Å². The lowest BCUT2D eigenvalue weighted by Gasteiger charge is -2.17. The second-order valence-electron chi connectivity index (χ2n) is 4.75. The molecule has 0 aliphatic rings. The van der Waals surface area contributed by atoms with E-state index in [-0.39, 0.29) is 11.7 Å². The van der Waals surface area contributed by atoms with Crippen LogP contribution in [0.2, 0.25) is 0 Å². The summed E-state index contributed by atoms with van der Waals surface area (Å²) in [5, 5.41) is 9.85. The molecule has 2 rings (SSSR count). The molecule has 0 bridgehead atoms. The van der Waals surface area contributed by atoms with Gasteiger partial charge in [0.25, 0.3) is 0 Å². The smallest absolute Gasteiger partial charge is 0.317 e. The number of phenols is 1. The van der Waals surface area contributed by atoms with Crippen molar-refractivity contribution in [2.75, 3.05) is 7.11 Å². The summed E-state index contributed by atoms with van der Waals surface area (Å²) in [7, 11) is 1.38. The highest BCUT2D eigenvalue weighted by molar-refractivity contribution is 5.82. The molecule has 0 amide bonds. The van der Waals surface area contributed by atoms with Gasteiger partial charge in [0, 0.05) is 0 Å². The molecule has 108 valence electrons. The van der Waals surface area contributed by atoms with Crippen molar-refractivity contribution in [1.82, 2.24) is 0 Å². The maximum Gasteiger partial charge on any atom is 0.317 e. The lowest BCUT2D eigenvalue weighted by atomic mass is 9.90. The number of methoxy groups -OCH3 is 1. The van der Waals surface area contributed by atoms with Gasteiger partial charge in [-0.05, 0) is 29.2 Å². The van der Waals surface area contributed by atoms with Crippen LogP contribution in [0.4, 0.5) is 0 Å². The van der Waals surface area contributed by atoms with Crippen molar-refractivity contribution < 1.29 is 14.6 Å². The molecule has 0 fully saturated rings. The van der Waals surface area contributed by atoms with Gasteiger partial charge in [-0.3, -0.25) is 4.79 Å². The third-order valence-corrected chi connectivity index (χ3v) is 3.37. The summed E-state index contributed by atoms with van der Waals surface area (Å²) in [4.78, 5) is 12.2. The Bertz CT molecular complexity index is 632. The van der Waals surface area contributed by atoms with Crippen molar-refractivity contribution in [2.45, 2.75) is 12.3 Å². The Morgan fingerprint density at radius 1 is 1.24 bits per heavy atom. The first-order valence-corrected chi connectivity index (χ1v) is 6.72. The standard InChI is InChI=1S/C18H18O3/c1-3-7-14-12-15(10-11-16(14)19)17(18(20)21-2)13-8-5-4-6-9-13/h3-6,8-12,17,19H,1,7H2,2H3. The summed E-state index contributed by atoms with van der Waals surface area (Å²) in [6, 6.07) is 14.6. The topological polar surface area (TPSA) is 46.5 Å². The molecule has 1 unspecified atom stereocenters. The first-order chi connectivity index (χ1) is 10.2. The molecular formula is C18H18O3. The number of hydrogen-bond donors (Lipinski definition) is 1. The van der Waals surface area contributed by atoms with Crippen molar-refractivity contribution in [3.63, 3.8) is 0 Å². The number of carbonyl (C=O) groups is 1. The van der Waals surface area contributed by atoms with Gasteiger partial charge >= 0.3 is 5.97 Å². The minimum absolute atomic E-state index is 0.204. The molecule has 0 heterocycles. The van der Waals surface area contributed by atoms with Gasteiger partial charge < -0.3 is 9.84 Å². The van der Waals surface area contributed by atoms with Crippen LogP contribution < -0.4 is 0 Å². The van der Waals surface area contributed by atoms with Crippen LogP contribution in [0.1, 0.15) is 22.6 Å². The maximum atomic E-state index is 12.2. The third-order valence-electron chi connectivity index (χ3n) is 3.37. The number of phenolic OH excluding ortho intramolecular Hbond substituents is 1. The second kappa shape index (κ2) is 6.75. The van der Waals surface area contributed by atoms with Gasteiger partial charge in [-0.1, -0.05) is 48.5 Å². The van der Waals surface area contributed by atoms with E-state index in [9.17, 15) is 9.90 Å². The SMILES string of the molecule is C=CCc1cc(C(C(=O)OC)c2ccccc2)ccc1O. The van der Waals surface area contributed by atoms with Crippen LogP contribution in [0, 0.1) is 0 Å². The van der Waals surface area contributed by atoms with E-state index in [1.165, 1.54) is 7.11 Å². The molecular weight excluding hydrogens is 264 g/mol. The molecule has 0 spiro atoms. The van der Waals surface area contributed by atoms with E-state index in [0.717, 1.165) is 16.7 Å². The van der Waals surface area contributed by atoms with E-state index in [4.69, 9.17) is 4.74 Å². The molecule has 0 saturated heterocycles. The summed E-state index contributed by atoms with van der Waals surface area (Å²) >= 11 is 0. The third kappa shape index (κ3) is 3.31. The quantitative estimate of drug-likeness (QED) is 0.675. The fraction of sp³-hybridized carbons (Fsp3) is 0.167. The zero-order chi connectivity index (χ0) is 15.2. The van der Waals surface area contributed by atoms with E-state index in [2.05, 4.69) is 6.58 Å². The van der Waals surface area contributed by atoms with E-state index in [1.54, 1.807) is 18.2 Å². The molecule has 1 N–H and O–H groups in total. The molecule has 2 aromatic carbocycles. The summed E-state index contributed by atoms with van der Waals surface area (Å²) in [5.41, 5.74) is 2.40. The molecule has 3 nitrogen and oxygen atoms in total. The molecule has 0 aliphatic carbocycles.